The number of nitrogens with one attached hydrogen (secondary N) is 1. The molecule has 7 heteroatoms. The van der Waals surface area contributed by atoms with E-state index in [4.69, 9.17) is 10.5 Å². The normalized spacial score (nSPS) is 13.1. The monoisotopic (exact) mass is 332 g/mol. The Bertz CT molecular complexity index is 678. The van der Waals surface area contributed by atoms with Crippen LogP contribution in [0.3, 0.4) is 0 Å². The minimum absolute atomic E-state index is 0.0412. The SMILES string of the molecule is Nc1cc(O)ccc1C(O)C(O)CNC(=O)OCc1ccccc1. The van der Waals surface area contributed by atoms with Gasteiger partial charge in [-0.2, -0.15) is 0 Å². The maximum atomic E-state index is 11.6. The molecule has 2 unspecified atom stereocenters. The summed E-state index contributed by atoms with van der Waals surface area (Å²) in [5.41, 5.74) is 6.93. The average molecular weight is 332 g/mol. The topological polar surface area (TPSA) is 125 Å². The molecule has 0 fully saturated rings. The molecule has 2 atom stereocenters. The van der Waals surface area contributed by atoms with Crippen molar-refractivity contribution in [3.05, 3.63) is 59.7 Å². The van der Waals surface area contributed by atoms with E-state index < -0.39 is 18.3 Å². The van der Waals surface area contributed by atoms with Gasteiger partial charge in [0, 0.05) is 23.9 Å². The summed E-state index contributed by atoms with van der Waals surface area (Å²) in [5, 5.41) is 31.7. The van der Waals surface area contributed by atoms with Gasteiger partial charge in [0.2, 0.25) is 0 Å². The fourth-order valence-electron chi connectivity index (χ4n) is 2.11. The predicted molar refractivity (Wildman–Crippen MR) is 88.1 cm³/mol. The van der Waals surface area contributed by atoms with Gasteiger partial charge in [-0.1, -0.05) is 36.4 Å². The molecule has 0 radical (unpaired) electrons. The van der Waals surface area contributed by atoms with E-state index in [0.29, 0.717) is 0 Å². The number of alkyl carbamates (subject to hydrolysis) is 1. The lowest BCUT2D eigenvalue weighted by atomic mass is 10.0. The van der Waals surface area contributed by atoms with Gasteiger partial charge in [-0.3, -0.25) is 0 Å². The van der Waals surface area contributed by atoms with Crippen LogP contribution in [0.2, 0.25) is 0 Å². The fraction of sp³-hybridized carbons (Fsp3) is 0.235. The first-order valence-electron chi connectivity index (χ1n) is 7.36. The largest absolute Gasteiger partial charge is 0.508 e. The highest BCUT2D eigenvalue weighted by molar-refractivity contribution is 5.67. The smallest absolute Gasteiger partial charge is 0.407 e. The van der Waals surface area contributed by atoms with Gasteiger partial charge in [0.05, 0.1) is 0 Å². The van der Waals surface area contributed by atoms with E-state index in [1.165, 1.54) is 18.2 Å². The number of hydrogen-bond donors (Lipinski definition) is 5. The maximum absolute atomic E-state index is 11.6. The number of aliphatic hydroxyl groups excluding tert-OH is 2. The number of phenolic OH excluding ortho intramolecular Hbond substituents is 1. The molecule has 128 valence electrons. The summed E-state index contributed by atoms with van der Waals surface area (Å²) >= 11 is 0. The van der Waals surface area contributed by atoms with E-state index in [1.807, 2.05) is 30.3 Å². The Morgan fingerprint density at radius 2 is 1.88 bits per heavy atom. The summed E-state index contributed by atoms with van der Waals surface area (Å²) in [7, 11) is 0. The van der Waals surface area contributed by atoms with Gasteiger partial charge in [0.15, 0.2) is 0 Å². The van der Waals surface area contributed by atoms with Crippen LogP contribution in [-0.4, -0.2) is 34.1 Å². The van der Waals surface area contributed by atoms with E-state index in [2.05, 4.69) is 5.32 Å². The second-order valence-corrected chi connectivity index (χ2v) is 5.27. The maximum Gasteiger partial charge on any atom is 0.407 e. The standard InChI is InChI=1S/C17H20N2O5/c18-14-8-12(20)6-7-13(14)16(22)15(21)9-19-17(23)24-10-11-4-2-1-3-5-11/h1-8,15-16,20-22H,9-10,18H2,(H,19,23). The molecule has 0 saturated carbocycles. The van der Waals surface area contributed by atoms with Crippen molar-refractivity contribution in [3.63, 3.8) is 0 Å². The third-order valence-electron chi connectivity index (χ3n) is 3.42. The van der Waals surface area contributed by atoms with Crippen LogP contribution in [0.5, 0.6) is 5.75 Å². The number of benzene rings is 2. The zero-order valence-corrected chi connectivity index (χ0v) is 12.9. The lowest BCUT2D eigenvalue weighted by Crippen LogP contribution is -2.36. The first-order valence-corrected chi connectivity index (χ1v) is 7.36. The molecule has 0 bridgehead atoms. The van der Waals surface area contributed by atoms with Crippen molar-refractivity contribution in [2.24, 2.45) is 0 Å². The molecular formula is C17H20N2O5. The molecule has 0 aliphatic carbocycles. The number of hydrogen-bond acceptors (Lipinski definition) is 6. The summed E-state index contributed by atoms with van der Waals surface area (Å²) in [6.07, 6.45) is -3.29. The van der Waals surface area contributed by atoms with Gasteiger partial charge >= 0.3 is 6.09 Å². The lowest BCUT2D eigenvalue weighted by Gasteiger charge is -2.20. The Hall–Kier alpha value is -2.77. The van der Waals surface area contributed by atoms with E-state index in [1.54, 1.807) is 0 Å². The van der Waals surface area contributed by atoms with Crippen LogP contribution >= 0.6 is 0 Å². The van der Waals surface area contributed by atoms with Crippen LogP contribution in [0.1, 0.15) is 17.2 Å². The second kappa shape index (κ2) is 8.19. The van der Waals surface area contributed by atoms with Crippen molar-refractivity contribution in [2.75, 3.05) is 12.3 Å². The summed E-state index contributed by atoms with van der Waals surface area (Å²) in [4.78, 5) is 11.6. The van der Waals surface area contributed by atoms with E-state index in [-0.39, 0.29) is 30.2 Å². The molecule has 0 heterocycles. The number of amides is 1. The van der Waals surface area contributed by atoms with Crippen LogP contribution in [0.15, 0.2) is 48.5 Å². The highest BCUT2D eigenvalue weighted by Gasteiger charge is 2.21. The Balaban J connectivity index is 1.81. The number of aromatic hydroxyl groups is 1. The summed E-state index contributed by atoms with van der Waals surface area (Å²) < 4.78 is 5.00. The molecule has 0 aliphatic heterocycles. The molecule has 24 heavy (non-hydrogen) atoms. The number of nitrogens with two attached hydrogens (primary N) is 1. The summed E-state index contributed by atoms with van der Waals surface area (Å²) in [6.45, 7) is -0.106. The first-order chi connectivity index (χ1) is 11.5. The zero-order chi connectivity index (χ0) is 17.5. The van der Waals surface area contributed by atoms with Crippen molar-refractivity contribution in [1.82, 2.24) is 5.32 Å². The average Bonchev–Trinajstić information content (AvgIpc) is 2.58. The van der Waals surface area contributed by atoms with E-state index >= 15 is 0 Å². The predicted octanol–water partition coefficient (Wildman–Crippen LogP) is 1.30. The Kier molecular flexibility index (Phi) is 6.00. The van der Waals surface area contributed by atoms with E-state index in [9.17, 15) is 20.1 Å². The van der Waals surface area contributed by atoms with Gasteiger partial charge in [-0.15, -0.1) is 0 Å². The zero-order valence-electron chi connectivity index (χ0n) is 12.9. The number of rotatable bonds is 6. The van der Waals surface area contributed by atoms with Crippen LogP contribution < -0.4 is 11.1 Å². The van der Waals surface area contributed by atoms with Crippen molar-refractivity contribution in [3.8, 4) is 5.75 Å². The van der Waals surface area contributed by atoms with Gasteiger partial charge in [-0.05, 0) is 11.6 Å². The van der Waals surface area contributed by atoms with Crippen LogP contribution in [-0.2, 0) is 11.3 Å². The van der Waals surface area contributed by atoms with Crippen molar-refractivity contribution in [1.29, 1.82) is 0 Å². The van der Waals surface area contributed by atoms with Gasteiger partial charge in [-0.25, -0.2) is 4.79 Å². The number of ether oxygens (including phenoxy) is 1. The third-order valence-corrected chi connectivity index (χ3v) is 3.42. The molecule has 1 amide bonds. The minimum Gasteiger partial charge on any atom is -0.508 e. The van der Waals surface area contributed by atoms with Gasteiger partial charge in [0.25, 0.3) is 0 Å². The molecule has 2 rings (SSSR count). The minimum atomic E-state index is -1.31. The second-order valence-electron chi connectivity index (χ2n) is 5.27. The summed E-state index contributed by atoms with van der Waals surface area (Å²) in [6, 6.07) is 13.2. The molecule has 0 saturated heterocycles. The van der Waals surface area contributed by atoms with Crippen LogP contribution in [0.25, 0.3) is 0 Å². The third kappa shape index (κ3) is 4.87. The molecule has 0 spiro atoms. The number of carbonyl (C=O) groups is 1. The lowest BCUT2D eigenvalue weighted by molar-refractivity contribution is 0.0188. The molecule has 7 nitrogen and oxygen atoms in total. The molecule has 2 aromatic carbocycles. The number of phenols is 1. The molecule has 6 N–H and O–H groups in total. The quantitative estimate of drug-likeness (QED) is 0.508. The van der Waals surface area contributed by atoms with Crippen molar-refractivity contribution >= 4 is 11.8 Å². The van der Waals surface area contributed by atoms with E-state index in [0.717, 1.165) is 5.56 Å². The number of nitrogen functional groups attached to an aromatic ring is 1. The van der Waals surface area contributed by atoms with Crippen molar-refractivity contribution < 1.29 is 24.9 Å². The Labute approximate surface area is 139 Å². The molecule has 2 aromatic rings. The highest BCUT2D eigenvalue weighted by Crippen LogP contribution is 2.26. The Morgan fingerprint density at radius 3 is 2.54 bits per heavy atom. The molecule has 0 aliphatic rings. The van der Waals surface area contributed by atoms with Crippen LogP contribution in [0, 0.1) is 0 Å². The van der Waals surface area contributed by atoms with Gasteiger partial charge < -0.3 is 31.1 Å². The van der Waals surface area contributed by atoms with Crippen molar-refractivity contribution in [2.45, 2.75) is 18.8 Å². The number of anilines is 1. The summed E-state index contributed by atoms with van der Waals surface area (Å²) in [5.74, 6) is -0.0412. The number of carbonyl (C=O) groups excluding carboxylic acids is 1. The van der Waals surface area contributed by atoms with Crippen LogP contribution in [0.4, 0.5) is 10.5 Å². The van der Waals surface area contributed by atoms with Gasteiger partial charge in [0.1, 0.15) is 24.6 Å². The number of aliphatic hydroxyl groups is 2. The highest BCUT2D eigenvalue weighted by atomic mass is 16.5. The Morgan fingerprint density at radius 1 is 1.17 bits per heavy atom. The molecule has 0 aromatic heterocycles. The first kappa shape index (κ1) is 17.6. The fourth-order valence-corrected chi connectivity index (χ4v) is 2.11. The molecular weight excluding hydrogens is 312 g/mol.